The summed E-state index contributed by atoms with van der Waals surface area (Å²) in [6.45, 7) is 2.69. The predicted molar refractivity (Wildman–Crippen MR) is 101 cm³/mol. The average Bonchev–Trinajstić information content (AvgIpc) is 3.00. The van der Waals surface area contributed by atoms with E-state index in [1.165, 1.54) is 5.56 Å². The Morgan fingerprint density at radius 1 is 1.04 bits per heavy atom. The zero-order valence-corrected chi connectivity index (χ0v) is 15.0. The van der Waals surface area contributed by atoms with Gasteiger partial charge in [-0.05, 0) is 24.5 Å². The van der Waals surface area contributed by atoms with Gasteiger partial charge in [-0.15, -0.1) is 0 Å². The Kier molecular flexibility index (Phi) is 5.54. The molecule has 0 saturated carbocycles. The monoisotopic (exact) mass is 335 g/mol. The van der Waals surface area contributed by atoms with E-state index in [4.69, 9.17) is 4.42 Å². The Balaban J connectivity index is 1.61. The minimum absolute atomic E-state index is 0.184. The van der Waals surface area contributed by atoms with Crippen LogP contribution in [0.1, 0.15) is 36.7 Å². The maximum Gasteiger partial charge on any atom is 0.222 e. The minimum atomic E-state index is 0.184. The van der Waals surface area contributed by atoms with E-state index in [9.17, 15) is 4.79 Å². The van der Waals surface area contributed by atoms with E-state index >= 15 is 0 Å². The average molecular weight is 335 g/mol. The fourth-order valence-electron chi connectivity index (χ4n) is 3.21. The lowest BCUT2D eigenvalue weighted by Gasteiger charge is -2.17. The molecule has 130 valence electrons. The number of hydrogen-bond donors (Lipinski definition) is 0. The Morgan fingerprint density at radius 3 is 2.52 bits per heavy atom. The van der Waals surface area contributed by atoms with Crippen molar-refractivity contribution in [3.8, 4) is 0 Å². The molecule has 1 amide bonds. The van der Waals surface area contributed by atoms with Crippen LogP contribution in [0, 0.1) is 0 Å². The second-order valence-corrected chi connectivity index (χ2v) is 6.44. The molecule has 0 fully saturated rings. The lowest BCUT2D eigenvalue weighted by molar-refractivity contribution is -0.130. The van der Waals surface area contributed by atoms with Crippen LogP contribution in [0.15, 0.2) is 59.0 Å². The van der Waals surface area contributed by atoms with Crippen LogP contribution in [0.2, 0.25) is 0 Å². The first-order valence-corrected chi connectivity index (χ1v) is 8.96. The van der Waals surface area contributed by atoms with Crippen molar-refractivity contribution in [3.05, 3.63) is 71.5 Å². The molecule has 0 aliphatic carbocycles. The lowest BCUT2D eigenvalue weighted by Crippen LogP contribution is -2.26. The molecular formula is C22H25NO2. The molecular weight excluding hydrogens is 310 g/mol. The second kappa shape index (κ2) is 8.02. The zero-order valence-electron chi connectivity index (χ0n) is 15.0. The van der Waals surface area contributed by atoms with E-state index in [1.54, 1.807) is 0 Å². The number of para-hydroxylation sites is 1. The quantitative estimate of drug-likeness (QED) is 0.610. The Bertz CT molecular complexity index is 836. The predicted octanol–water partition coefficient (Wildman–Crippen LogP) is 4.98. The van der Waals surface area contributed by atoms with Crippen molar-refractivity contribution in [3.63, 3.8) is 0 Å². The van der Waals surface area contributed by atoms with Crippen molar-refractivity contribution in [1.29, 1.82) is 0 Å². The Labute approximate surface area is 149 Å². The highest BCUT2D eigenvalue weighted by Gasteiger charge is 2.16. The molecule has 3 aromatic rings. The smallest absolute Gasteiger partial charge is 0.222 e. The highest BCUT2D eigenvalue weighted by atomic mass is 16.3. The molecule has 0 unspecified atom stereocenters. The van der Waals surface area contributed by atoms with Gasteiger partial charge in [0.15, 0.2) is 0 Å². The van der Waals surface area contributed by atoms with Gasteiger partial charge in [-0.2, -0.15) is 0 Å². The van der Waals surface area contributed by atoms with Crippen LogP contribution in [0.4, 0.5) is 0 Å². The lowest BCUT2D eigenvalue weighted by atomic mass is 10.1. The van der Waals surface area contributed by atoms with Crippen LogP contribution >= 0.6 is 0 Å². The van der Waals surface area contributed by atoms with Crippen LogP contribution in [-0.2, 0) is 24.2 Å². The first kappa shape index (κ1) is 17.3. The van der Waals surface area contributed by atoms with Crippen LogP contribution in [0.5, 0.6) is 0 Å². The molecule has 3 nitrogen and oxygen atoms in total. The number of carbonyl (C=O) groups excluding carboxylic acids is 1. The number of hydrogen-bond acceptors (Lipinski definition) is 2. The molecule has 0 radical (unpaired) electrons. The Morgan fingerprint density at radius 2 is 1.76 bits per heavy atom. The van der Waals surface area contributed by atoms with Gasteiger partial charge in [-0.3, -0.25) is 4.79 Å². The fraction of sp³-hybridized carbons (Fsp3) is 0.318. The van der Waals surface area contributed by atoms with Gasteiger partial charge in [0.1, 0.15) is 11.3 Å². The second-order valence-electron chi connectivity index (χ2n) is 6.44. The fourth-order valence-corrected chi connectivity index (χ4v) is 3.21. The number of rotatable bonds is 7. The molecule has 0 saturated heterocycles. The van der Waals surface area contributed by atoms with Crippen molar-refractivity contribution in [2.45, 2.75) is 39.2 Å². The van der Waals surface area contributed by atoms with Crippen LogP contribution in [0.25, 0.3) is 11.0 Å². The number of furan rings is 1. The summed E-state index contributed by atoms with van der Waals surface area (Å²) in [5.74, 6) is 1.16. The number of aryl methyl sites for hydroxylation is 2. The van der Waals surface area contributed by atoms with Gasteiger partial charge < -0.3 is 9.32 Å². The highest BCUT2D eigenvalue weighted by molar-refractivity contribution is 5.83. The van der Waals surface area contributed by atoms with Gasteiger partial charge in [-0.1, -0.05) is 55.5 Å². The normalized spacial score (nSPS) is 11.0. The maximum absolute atomic E-state index is 12.5. The number of carbonyl (C=O) groups is 1. The highest BCUT2D eigenvalue weighted by Crippen LogP contribution is 2.27. The van der Waals surface area contributed by atoms with Crippen molar-refractivity contribution >= 4 is 16.9 Å². The number of fused-ring (bicyclic) bond motifs is 1. The van der Waals surface area contributed by atoms with E-state index in [-0.39, 0.29) is 5.91 Å². The van der Waals surface area contributed by atoms with Gasteiger partial charge in [0.25, 0.3) is 0 Å². The van der Waals surface area contributed by atoms with Crippen LogP contribution < -0.4 is 0 Å². The van der Waals surface area contributed by atoms with E-state index in [2.05, 4.69) is 25.1 Å². The van der Waals surface area contributed by atoms with Gasteiger partial charge in [0.05, 0.1) is 0 Å². The number of benzene rings is 2. The topological polar surface area (TPSA) is 33.5 Å². The number of amides is 1. The summed E-state index contributed by atoms with van der Waals surface area (Å²) in [6.07, 6.45) is 3.22. The standard InChI is InChI=1S/C22H25NO2/c1-3-20-19(18-13-7-8-14-21(18)25-20)16-23(2)22(24)15-9-12-17-10-5-4-6-11-17/h4-8,10-11,13-14H,3,9,12,15-16H2,1-2H3. The summed E-state index contributed by atoms with van der Waals surface area (Å²) >= 11 is 0. The molecule has 3 rings (SSSR count). The first-order valence-electron chi connectivity index (χ1n) is 8.96. The summed E-state index contributed by atoms with van der Waals surface area (Å²) in [6, 6.07) is 18.4. The largest absolute Gasteiger partial charge is 0.461 e. The molecule has 0 bridgehead atoms. The Hall–Kier alpha value is -2.55. The molecule has 2 aromatic carbocycles. The summed E-state index contributed by atoms with van der Waals surface area (Å²) < 4.78 is 5.93. The van der Waals surface area contributed by atoms with Gasteiger partial charge >= 0.3 is 0 Å². The molecule has 0 aliphatic heterocycles. The molecule has 0 aliphatic rings. The zero-order chi connectivity index (χ0) is 17.6. The SMILES string of the molecule is CCc1oc2ccccc2c1CN(C)C(=O)CCCc1ccccc1. The number of nitrogens with zero attached hydrogens (tertiary/aromatic N) is 1. The van der Waals surface area contributed by atoms with Gasteiger partial charge in [-0.25, -0.2) is 0 Å². The summed E-state index contributed by atoms with van der Waals surface area (Å²) in [4.78, 5) is 14.3. The molecule has 0 N–H and O–H groups in total. The van der Waals surface area contributed by atoms with E-state index in [0.29, 0.717) is 13.0 Å². The molecule has 0 spiro atoms. The molecule has 0 atom stereocenters. The van der Waals surface area contributed by atoms with E-state index in [0.717, 1.165) is 41.6 Å². The van der Waals surface area contributed by atoms with Crippen molar-refractivity contribution in [2.24, 2.45) is 0 Å². The summed E-state index contributed by atoms with van der Waals surface area (Å²) in [7, 11) is 1.88. The first-order chi connectivity index (χ1) is 12.2. The van der Waals surface area contributed by atoms with E-state index in [1.807, 2.05) is 48.3 Å². The van der Waals surface area contributed by atoms with Crippen molar-refractivity contribution in [2.75, 3.05) is 7.05 Å². The third kappa shape index (κ3) is 4.11. The van der Waals surface area contributed by atoms with Crippen molar-refractivity contribution < 1.29 is 9.21 Å². The summed E-state index contributed by atoms with van der Waals surface area (Å²) in [5.41, 5.74) is 3.32. The van der Waals surface area contributed by atoms with Gasteiger partial charge in [0.2, 0.25) is 5.91 Å². The molecule has 1 heterocycles. The molecule has 3 heteroatoms. The van der Waals surface area contributed by atoms with Crippen LogP contribution in [-0.4, -0.2) is 17.9 Å². The van der Waals surface area contributed by atoms with Crippen LogP contribution in [0.3, 0.4) is 0 Å². The molecule has 25 heavy (non-hydrogen) atoms. The summed E-state index contributed by atoms with van der Waals surface area (Å²) in [5, 5.41) is 1.11. The van der Waals surface area contributed by atoms with Gasteiger partial charge in [0, 0.05) is 37.4 Å². The van der Waals surface area contributed by atoms with E-state index < -0.39 is 0 Å². The third-order valence-corrected chi connectivity index (χ3v) is 4.62. The third-order valence-electron chi connectivity index (χ3n) is 4.62. The maximum atomic E-state index is 12.5. The molecule has 1 aromatic heterocycles. The minimum Gasteiger partial charge on any atom is -0.461 e. The van der Waals surface area contributed by atoms with Crippen molar-refractivity contribution in [1.82, 2.24) is 4.90 Å².